The third-order valence-corrected chi connectivity index (χ3v) is 13.8. The molecule has 1 saturated heterocycles. The Labute approximate surface area is 301 Å². The molecule has 0 bridgehead atoms. The number of unbranched alkanes of at least 4 members (excludes halogenated alkanes) is 1. The second-order valence-corrected chi connectivity index (χ2v) is 20.1. The van der Waals surface area contributed by atoms with Crippen molar-refractivity contribution in [3.63, 3.8) is 0 Å². The van der Waals surface area contributed by atoms with Gasteiger partial charge in [-0.05, 0) is 45.4 Å². The minimum atomic E-state index is -3.59. The van der Waals surface area contributed by atoms with Gasteiger partial charge in [0.1, 0.15) is 16.4 Å². The summed E-state index contributed by atoms with van der Waals surface area (Å²) in [5.41, 5.74) is -1.83. The smallest absolute Gasteiger partial charge is 0.315 e. The van der Waals surface area contributed by atoms with E-state index in [4.69, 9.17) is 23.2 Å². The SMILES string of the molecule is C=CCNC(=O)C(=O)C(CCCC)NC(=O)[C@@H]1[C@@H]2[C@H](CN1C(=O)[C@@H](NC(=O)NC1(CS(=O)(=O)C(C)(C)C)CCCCC1)C(C)(C)C)C2(Cl)Cl. The molecule has 3 rings (SSSR count). The molecule has 2 aliphatic carbocycles. The van der Waals surface area contributed by atoms with Crippen LogP contribution < -0.4 is 21.3 Å². The summed E-state index contributed by atoms with van der Waals surface area (Å²) in [4.78, 5) is 68.9. The van der Waals surface area contributed by atoms with E-state index in [1.165, 1.54) is 11.0 Å². The number of Topliss-reactive ketones (excluding diaryl/α,β-unsaturated/α-hetero) is 1. The van der Waals surface area contributed by atoms with Gasteiger partial charge in [-0.25, -0.2) is 13.2 Å². The molecule has 3 aliphatic rings. The summed E-state index contributed by atoms with van der Waals surface area (Å²) < 4.78 is 24.3. The van der Waals surface area contributed by atoms with Crippen LogP contribution in [0, 0.1) is 17.3 Å². The van der Waals surface area contributed by atoms with Gasteiger partial charge in [0.15, 0.2) is 9.84 Å². The van der Waals surface area contributed by atoms with Crippen molar-refractivity contribution >= 4 is 62.6 Å². The lowest BCUT2D eigenvalue weighted by Gasteiger charge is -2.41. The van der Waals surface area contributed by atoms with E-state index in [2.05, 4.69) is 27.8 Å². The predicted molar refractivity (Wildman–Crippen MR) is 191 cm³/mol. The molecule has 1 heterocycles. The van der Waals surface area contributed by atoms with Crippen molar-refractivity contribution in [1.29, 1.82) is 0 Å². The summed E-state index contributed by atoms with van der Waals surface area (Å²) in [5, 5.41) is 10.9. The zero-order valence-corrected chi connectivity index (χ0v) is 32.2. The maximum atomic E-state index is 14.4. The van der Waals surface area contributed by atoms with Gasteiger partial charge in [0.25, 0.3) is 5.91 Å². The molecule has 5 atom stereocenters. The van der Waals surface area contributed by atoms with Crippen molar-refractivity contribution < 1.29 is 32.4 Å². The first kappa shape index (κ1) is 41.0. The fourth-order valence-corrected chi connectivity index (χ4v) is 9.16. The van der Waals surface area contributed by atoms with Crippen LogP contribution in [-0.4, -0.2) is 94.4 Å². The van der Waals surface area contributed by atoms with Gasteiger partial charge in [-0.1, -0.05) is 65.9 Å². The second kappa shape index (κ2) is 15.5. The summed E-state index contributed by atoms with van der Waals surface area (Å²) in [6.45, 7) is 15.8. The van der Waals surface area contributed by atoms with Crippen molar-refractivity contribution in [2.45, 2.75) is 133 Å². The van der Waals surface area contributed by atoms with Crippen molar-refractivity contribution in [2.24, 2.45) is 17.3 Å². The van der Waals surface area contributed by atoms with E-state index < -0.39 is 89.4 Å². The van der Waals surface area contributed by atoms with Gasteiger partial charge in [-0.3, -0.25) is 19.2 Å². The highest BCUT2D eigenvalue weighted by molar-refractivity contribution is 7.92. The molecule has 15 heteroatoms. The van der Waals surface area contributed by atoms with Crippen LogP contribution in [0.25, 0.3) is 0 Å². The van der Waals surface area contributed by atoms with Crippen LogP contribution in [0.5, 0.6) is 0 Å². The molecule has 1 unspecified atom stereocenters. The highest BCUT2D eigenvalue weighted by atomic mass is 35.5. The number of rotatable bonds is 14. The first-order valence-corrected chi connectivity index (χ1v) is 19.7. The quantitative estimate of drug-likeness (QED) is 0.119. The van der Waals surface area contributed by atoms with Crippen LogP contribution in [0.4, 0.5) is 4.79 Å². The number of carbonyl (C=O) groups excluding carboxylic acids is 5. The lowest BCUT2D eigenvalue weighted by Crippen LogP contribution is -2.64. The number of carbonyl (C=O) groups is 5. The molecular formula is C34H55Cl2N5O7S. The highest BCUT2D eigenvalue weighted by Crippen LogP contribution is 2.65. The molecule has 12 nitrogen and oxygen atoms in total. The number of halogens is 2. The Morgan fingerprint density at radius 2 is 1.61 bits per heavy atom. The number of urea groups is 1. The Bertz CT molecular complexity index is 1400. The normalized spacial score (nSPS) is 24.1. The van der Waals surface area contributed by atoms with Gasteiger partial charge in [0, 0.05) is 24.9 Å². The number of piperidine rings is 1. The van der Waals surface area contributed by atoms with Gasteiger partial charge in [-0.15, -0.1) is 29.8 Å². The highest BCUT2D eigenvalue weighted by Gasteiger charge is 2.74. The number of fused-ring (bicyclic) bond motifs is 1. The summed E-state index contributed by atoms with van der Waals surface area (Å²) in [7, 11) is -3.59. The van der Waals surface area contributed by atoms with Crippen molar-refractivity contribution in [1.82, 2.24) is 26.2 Å². The Morgan fingerprint density at radius 3 is 2.14 bits per heavy atom. The van der Waals surface area contributed by atoms with Crippen molar-refractivity contribution in [2.75, 3.05) is 18.8 Å². The van der Waals surface area contributed by atoms with E-state index in [9.17, 15) is 32.4 Å². The van der Waals surface area contributed by atoms with Gasteiger partial charge in [-0.2, -0.15) is 0 Å². The zero-order valence-electron chi connectivity index (χ0n) is 29.9. The maximum absolute atomic E-state index is 14.4. The first-order chi connectivity index (χ1) is 22.5. The Kier molecular flexibility index (Phi) is 13.0. The Hall–Kier alpha value is -2.38. The minimum Gasteiger partial charge on any atom is -0.346 e. The van der Waals surface area contributed by atoms with Crippen LogP contribution in [-0.2, 0) is 29.0 Å². The monoisotopic (exact) mass is 747 g/mol. The van der Waals surface area contributed by atoms with Gasteiger partial charge < -0.3 is 26.2 Å². The summed E-state index contributed by atoms with van der Waals surface area (Å²) >= 11 is 13.1. The van der Waals surface area contributed by atoms with Crippen LogP contribution >= 0.6 is 23.2 Å². The molecule has 278 valence electrons. The van der Waals surface area contributed by atoms with E-state index in [0.717, 1.165) is 19.3 Å². The number of nitrogens with one attached hydrogen (secondary N) is 4. The maximum Gasteiger partial charge on any atom is 0.315 e. The van der Waals surface area contributed by atoms with Gasteiger partial charge >= 0.3 is 6.03 Å². The van der Waals surface area contributed by atoms with E-state index in [-0.39, 0.29) is 25.3 Å². The number of alkyl halides is 2. The number of hydrogen-bond acceptors (Lipinski definition) is 7. The largest absolute Gasteiger partial charge is 0.346 e. The lowest BCUT2D eigenvalue weighted by molar-refractivity contribution is -0.144. The molecular weight excluding hydrogens is 693 g/mol. The Balaban J connectivity index is 1.86. The van der Waals surface area contributed by atoms with E-state index in [0.29, 0.717) is 25.7 Å². The molecule has 5 amide bonds. The van der Waals surface area contributed by atoms with Crippen LogP contribution in [0.2, 0.25) is 0 Å². The summed E-state index contributed by atoms with van der Waals surface area (Å²) in [6.07, 6.45) is 6.32. The number of hydrogen-bond donors (Lipinski definition) is 4. The van der Waals surface area contributed by atoms with E-state index in [1.54, 1.807) is 41.5 Å². The second-order valence-electron chi connectivity index (χ2n) is 15.9. The van der Waals surface area contributed by atoms with Crippen LogP contribution in [0.15, 0.2) is 12.7 Å². The molecule has 0 radical (unpaired) electrons. The van der Waals surface area contributed by atoms with Gasteiger partial charge in [0.2, 0.25) is 17.6 Å². The molecule has 3 fully saturated rings. The average Bonchev–Trinajstić information content (AvgIpc) is 3.30. The van der Waals surface area contributed by atoms with Crippen LogP contribution in [0.3, 0.4) is 0 Å². The molecule has 4 N–H and O–H groups in total. The predicted octanol–water partition coefficient (Wildman–Crippen LogP) is 3.79. The van der Waals surface area contributed by atoms with E-state index >= 15 is 0 Å². The number of nitrogens with zero attached hydrogens (tertiary/aromatic N) is 1. The molecule has 0 aromatic heterocycles. The number of amides is 5. The zero-order chi connectivity index (χ0) is 37.2. The average molecular weight is 749 g/mol. The van der Waals surface area contributed by atoms with E-state index in [1.807, 2.05) is 6.92 Å². The van der Waals surface area contributed by atoms with Crippen molar-refractivity contribution in [3.8, 4) is 0 Å². The third kappa shape index (κ3) is 9.49. The van der Waals surface area contributed by atoms with Crippen molar-refractivity contribution in [3.05, 3.63) is 12.7 Å². The molecule has 0 aromatic rings. The Morgan fingerprint density at radius 1 is 1.00 bits per heavy atom. The third-order valence-electron chi connectivity index (χ3n) is 9.97. The number of sulfone groups is 1. The topological polar surface area (TPSA) is 171 Å². The fraction of sp³-hybridized carbons (Fsp3) is 0.794. The number of likely N-dealkylation sites (tertiary alicyclic amines) is 1. The molecule has 0 spiro atoms. The molecule has 49 heavy (non-hydrogen) atoms. The standard InChI is InChI=1S/C34H55Cl2N5O7S/c1-9-11-15-22(25(42)28(44)37-18-10-2)38-27(43)24-23-21(34(23,35)36)19-41(24)29(45)26(31(3,4)5)39-30(46)40-33(16-13-12-14-17-33)20-49(47,48)32(6,7)8/h10,21-24,26H,2,9,11-20H2,1,3-8H3,(H,37,44)(H,38,43)(H2,39,40,46)/t21-,22?,23-,24-,26+/m0/s1. The molecule has 0 aromatic carbocycles. The van der Waals surface area contributed by atoms with Gasteiger partial charge in [0.05, 0.1) is 22.1 Å². The first-order valence-electron chi connectivity index (χ1n) is 17.3. The van der Waals surface area contributed by atoms with Crippen LogP contribution in [0.1, 0.15) is 99.8 Å². The molecule has 2 saturated carbocycles. The summed E-state index contributed by atoms with van der Waals surface area (Å²) in [6, 6.07) is -4.09. The number of ketones is 1. The molecule has 1 aliphatic heterocycles. The minimum absolute atomic E-state index is 0.0472. The fourth-order valence-electron chi connectivity index (χ4n) is 6.81. The summed E-state index contributed by atoms with van der Waals surface area (Å²) in [5.74, 6) is -4.15. The lowest BCUT2D eigenvalue weighted by atomic mass is 9.83.